The number of benzene rings is 2. The van der Waals surface area contributed by atoms with Crippen molar-refractivity contribution >= 4 is 23.1 Å². The Labute approximate surface area is 146 Å². The van der Waals surface area contributed by atoms with Gasteiger partial charge in [-0.25, -0.2) is 0 Å². The summed E-state index contributed by atoms with van der Waals surface area (Å²) in [5.74, 6) is -1.20. The molecule has 0 aromatic heterocycles. The van der Waals surface area contributed by atoms with E-state index < -0.39 is 27.2 Å². The number of nitrogens with one attached hydrogen (secondary N) is 1. The number of fused-ring (bicyclic) bond motifs is 3. The molecule has 9 nitrogen and oxygen atoms in total. The normalized spacial score (nSPS) is 11.5. The molecule has 0 saturated carbocycles. The first kappa shape index (κ1) is 17.0. The maximum Gasteiger partial charge on any atom is 0.271 e. The summed E-state index contributed by atoms with van der Waals surface area (Å²) >= 11 is 0. The summed E-state index contributed by atoms with van der Waals surface area (Å²) in [6.45, 7) is 3.61. The molecule has 0 heterocycles. The third-order valence-corrected chi connectivity index (χ3v) is 3.96. The van der Waals surface area contributed by atoms with Gasteiger partial charge in [-0.2, -0.15) is 0 Å². The lowest BCUT2D eigenvalue weighted by Crippen LogP contribution is -2.24. The van der Waals surface area contributed by atoms with Crippen LogP contribution in [0.15, 0.2) is 43.0 Å². The molecule has 0 saturated heterocycles. The van der Waals surface area contributed by atoms with Gasteiger partial charge in [0, 0.05) is 47.5 Å². The Hall–Kier alpha value is -3.88. The zero-order chi connectivity index (χ0) is 19.0. The second kappa shape index (κ2) is 6.20. The average Bonchev–Trinajstić information content (AvgIpc) is 2.91. The van der Waals surface area contributed by atoms with Gasteiger partial charge < -0.3 is 5.32 Å². The van der Waals surface area contributed by atoms with Gasteiger partial charge in [0.05, 0.1) is 15.4 Å². The van der Waals surface area contributed by atoms with Gasteiger partial charge in [-0.3, -0.25) is 29.8 Å². The first-order valence-corrected chi connectivity index (χ1v) is 7.40. The predicted molar refractivity (Wildman–Crippen MR) is 91.1 cm³/mol. The molecular formula is C17H11N3O6. The van der Waals surface area contributed by atoms with E-state index in [0.29, 0.717) is 5.56 Å². The summed E-state index contributed by atoms with van der Waals surface area (Å²) in [5.41, 5.74) is -0.176. The van der Waals surface area contributed by atoms with Crippen LogP contribution in [0.25, 0.3) is 11.1 Å². The molecule has 3 rings (SSSR count). The van der Waals surface area contributed by atoms with Gasteiger partial charge in [-0.1, -0.05) is 6.08 Å². The average molecular weight is 353 g/mol. The first-order chi connectivity index (χ1) is 12.3. The Morgan fingerprint density at radius 1 is 1.04 bits per heavy atom. The number of carbonyl (C=O) groups is 2. The van der Waals surface area contributed by atoms with Crippen molar-refractivity contribution in [3.8, 4) is 11.1 Å². The van der Waals surface area contributed by atoms with Crippen LogP contribution in [0.1, 0.15) is 26.3 Å². The SMILES string of the molecule is C=CCNC(=O)c1cc([N+](=O)[O-])cc2c1-c1ccc([N+](=O)[O-])cc1C2=O. The van der Waals surface area contributed by atoms with Crippen molar-refractivity contribution in [1.29, 1.82) is 0 Å². The van der Waals surface area contributed by atoms with Crippen molar-refractivity contribution in [2.45, 2.75) is 0 Å². The Morgan fingerprint density at radius 3 is 2.31 bits per heavy atom. The van der Waals surface area contributed by atoms with Gasteiger partial charge in [-0.05, 0) is 11.6 Å². The van der Waals surface area contributed by atoms with E-state index in [0.717, 1.165) is 18.2 Å². The molecule has 0 atom stereocenters. The third-order valence-electron chi connectivity index (χ3n) is 3.96. The molecule has 0 radical (unpaired) electrons. The minimum Gasteiger partial charge on any atom is -0.349 e. The van der Waals surface area contributed by atoms with Crippen molar-refractivity contribution in [2.75, 3.05) is 6.54 Å². The fourth-order valence-corrected chi connectivity index (χ4v) is 2.84. The van der Waals surface area contributed by atoms with E-state index in [2.05, 4.69) is 11.9 Å². The lowest BCUT2D eigenvalue weighted by molar-refractivity contribution is -0.385. The number of non-ortho nitro benzene ring substituents is 2. The maximum absolute atomic E-state index is 12.6. The van der Waals surface area contributed by atoms with E-state index in [1.165, 1.54) is 18.2 Å². The molecule has 0 unspecified atom stereocenters. The number of ketones is 1. The van der Waals surface area contributed by atoms with Gasteiger partial charge in [0.15, 0.2) is 5.78 Å². The monoisotopic (exact) mass is 353 g/mol. The minimum absolute atomic E-state index is 0.0292. The van der Waals surface area contributed by atoms with E-state index in [4.69, 9.17) is 0 Å². The number of nitrogens with zero attached hydrogens (tertiary/aromatic N) is 2. The number of rotatable bonds is 5. The lowest BCUT2D eigenvalue weighted by Gasteiger charge is -2.09. The third kappa shape index (κ3) is 2.61. The quantitative estimate of drug-likeness (QED) is 0.426. The van der Waals surface area contributed by atoms with Crippen molar-refractivity contribution in [1.82, 2.24) is 5.32 Å². The Morgan fingerprint density at radius 2 is 1.69 bits per heavy atom. The molecule has 1 aliphatic carbocycles. The molecule has 2 aromatic rings. The molecule has 1 N–H and O–H groups in total. The fraction of sp³-hybridized carbons (Fsp3) is 0.0588. The van der Waals surface area contributed by atoms with Gasteiger partial charge in [0.2, 0.25) is 0 Å². The van der Waals surface area contributed by atoms with Crippen molar-refractivity contribution in [2.24, 2.45) is 0 Å². The summed E-state index contributed by atoms with van der Waals surface area (Å²) in [6.07, 6.45) is 1.44. The van der Waals surface area contributed by atoms with Crippen LogP contribution < -0.4 is 5.32 Å². The van der Waals surface area contributed by atoms with Gasteiger partial charge in [-0.15, -0.1) is 6.58 Å². The van der Waals surface area contributed by atoms with Crippen molar-refractivity contribution < 1.29 is 19.4 Å². The molecule has 0 bridgehead atoms. The highest BCUT2D eigenvalue weighted by atomic mass is 16.6. The smallest absolute Gasteiger partial charge is 0.271 e. The van der Waals surface area contributed by atoms with Gasteiger partial charge in [0.25, 0.3) is 17.3 Å². The van der Waals surface area contributed by atoms with Crippen LogP contribution in [-0.4, -0.2) is 28.1 Å². The molecule has 0 fully saturated rings. The number of hydrogen-bond acceptors (Lipinski definition) is 6. The summed E-state index contributed by atoms with van der Waals surface area (Å²) in [5, 5.41) is 24.6. The highest BCUT2D eigenvalue weighted by molar-refractivity contribution is 6.25. The fourth-order valence-electron chi connectivity index (χ4n) is 2.84. The molecule has 9 heteroatoms. The number of nitro groups is 2. The maximum atomic E-state index is 12.6. The van der Waals surface area contributed by atoms with E-state index in [-0.39, 0.29) is 34.5 Å². The molecule has 0 aliphatic heterocycles. The van der Waals surface area contributed by atoms with Crippen LogP contribution in [0.2, 0.25) is 0 Å². The second-order valence-electron chi connectivity index (χ2n) is 5.49. The Bertz CT molecular complexity index is 1010. The summed E-state index contributed by atoms with van der Waals surface area (Å²) in [4.78, 5) is 45.8. The molecule has 2 aromatic carbocycles. The molecule has 1 aliphatic rings. The van der Waals surface area contributed by atoms with E-state index in [1.54, 1.807) is 0 Å². The van der Waals surface area contributed by atoms with Crippen LogP contribution in [0.5, 0.6) is 0 Å². The highest BCUT2D eigenvalue weighted by Crippen LogP contribution is 2.42. The van der Waals surface area contributed by atoms with Crippen LogP contribution in [0, 0.1) is 20.2 Å². The lowest BCUT2D eigenvalue weighted by atomic mass is 9.97. The Balaban J connectivity index is 2.26. The minimum atomic E-state index is -0.705. The first-order valence-electron chi connectivity index (χ1n) is 7.40. The van der Waals surface area contributed by atoms with E-state index in [1.807, 2.05) is 0 Å². The van der Waals surface area contributed by atoms with Crippen LogP contribution in [-0.2, 0) is 0 Å². The summed E-state index contributed by atoms with van der Waals surface area (Å²) in [7, 11) is 0. The molecule has 130 valence electrons. The molecule has 0 spiro atoms. The summed E-state index contributed by atoms with van der Waals surface area (Å²) in [6, 6.07) is 5.85. The highest BCUT2D eigenvalue weighted by Gasteiger charge is 2.34. The van der Waals surface area contributed by atoms with Crippen molar-refractivity contribution in [3.63, 3.8) is 0 Å². The second-order valence-corrected chi connectivity index (χ2v) is 5.49. The van der Waals surface area contributed by atoms with Gasteiger partial charge >= 0.3 is 0 Å². The standard InChI is InChI=1S/C17H11N3O6/c1-2-5-18-17(22)14-8-10(20(25)26)7-13-15(14)11-4-3-9(19(23)24)6-12(11)16(13)21/h2-4,6-8H,1,5H2,(H,18,22). The van der Waals surface area contributed by atoms with E-state index >= 15 is 0 Å². The van der Waals surface area contributed by atoms with Crippen LogP contribution in [0.4, 0.5) is 11.4 Å². The molecule has 1 amide bonds. The summed E-state index contributed by atoms with van der Waals surface area (Å²) < 4.78 is 0. The van der Waals surface area contributed by atoms with Crippen LogP contribution >= 0.6 is 0 Å². The Kier molecular flexibility index (Phi) is 4.05. The number of carbonyl (C=O) groups excluding carboxylic acids is 2. The van der Waals surface area contributed by atoms with Crippen molar-refractivity contribution in [3.05, 3.63) is 79.9 Å². The van der Waals surface area contributed by atoms with Crippen LogP contribution in [0.3, 0.4) is 0 Å². The zero-order valence-electron chi connectivity index (χ0n) is 13.2. The predicted octanol–water partition coefficient (Wildman–Crippen LogP) is 2.63. The topological polar surface area (TPSA) is 132 Å². The largest absolute Gasteiger partial charge is 0.349 e. The molecular weight excluding hydrogens is 342 g/mol. The van der Waals surface area contributed by atoms with Gasteiger partial charge in [0.1, 0.15) is 0 Å². The number of hydrogen-bond donors (Lipinski definition) is 1. The van der Waals surface area contributed by atoms with E-state index in [9.17, 15) is 29.8 Å². The number of nitro benzene ring substituents is 2. The zero-order valence-corrected chi connectivity index (χ0v) is 13.2. The number of amides is 1. The molecule has 26 heavy (non-hydrogen) atoms.